The van der Waals surface area contributed by atoms with Gasteiger partial charge >= 0.3 is 41.8 Å². The Hall–Kier alpha value is -3.87. The number of nitrogens with two attached hydrogens (primary N) is 1. The lowest BCUT2D eigenvalue weighted by Gasteiger charge is -2.48. The van der Waals surface area contributed by atoms with Gasteiger partial charge in [-0.2, -0.15) is 0 Å². The first-order valence-corrected chi connectivity index (χ1v) is 13.3. The highest BCUT2D eigenvalue weighted by Gasteiger charge is 2.57. The van der Waals surface area contributed by atoms with Gasteiger partial charge < -0.3 is 53.1 Å². The maximum atomic E-state index is 12.2. The van der Waals surface area contributed by atoms with Crippen molar-refractivity contribution in [1.82, 2.24) is 0 Å². The van der Waals surface area contributed by atoms with E-state index >= 15 is 0 Å². The highest BCUT2D eigenvalue weighted by molar-refractivity contribution is 5.69. The Bertz CT molecular complexity index is 1090. The fraction of sp³-hybridized carbons (Fsp3) is 0.731. The zero-order chi connectivity index (χ0) is 33.3. The molecule has 0 spiro atoms. The number of hydrogen-bond acceptors (Lipinski definition) is 18. The van der Waals surface area contributed by atoms with Crippen molar-refractivity contribution in [1.29, 1.82) is 0 Å². The molecular formula is C26H37NO17. The fourth-order valence-electron chi connectivity index (χ4n) is 4.55. The largest absolute Gasteiger partial charge is 0.463 e. The first-order chi connectivity index (χ1) is 20.5. The van der Waals surface area contributed by atoms with Gasteiger partial charge in [0.2, 0.25) is 0 Å². The number of esters is 7. The average Bonchev–Trinajstić information content (AvgIpc) is 2.87. The standard InChI is InChI=1S/C26H37NO17/c1-10(28)35-8-17-20(21(38-13(4)31)23(25(27)42-17)40-15(6)33)44-26-24(41-16(7)34)22(39-14(5)32)19(37-12(3)30)18(43-26)9-36-11(2)29/h17-26H,8-9,27H2,1-7H3/t17?,18?,19-,20-,21+,22-,23?,24?,25+,26-/m0/s1. The molecule has 0 aromatic carbocycles. The minimum absolute atomic E-state index is 0.510. The number of hydrogen-bond donors (Lipinski definition) is 1. The summed E-state index contributed by atoms with van der Waals surface area (Å²) in [4.78, 5) is 83.6. The summed E-state index contributed by atoms with van der Waals surface area (Å²) in [7, 11) is 0. The second kappa shape index (κ2) is 16.3. The third kappa shape index (κ3) is 10.7. The van der Waals surface area contributed by atoms with E-state index in [9.17, 15) is 33.6 Å². The second-order valence-corrected chi connectivity index (χ2v) is 9.76. The topological polar surface area (TPSA) is 238 Å². The molecule has 2 fully saturated rings. The monoisotopic (exact) mass is 635 g/mol. The molecule has 18 nitrogen and oxygen atoms in total. The molecule has 2 aliphatic rings. The van der Waals surface area contributed by atoms with Crippen molar-refractivity contribution in [2.45, 2.75) is 110 Å². The fourth-order valence-corrected chi connectivity index (χ4v) is 4.55. The van der Waals surface area contributed by atoms with Gasteiger partial charge in [-0.25, -0.2) is 0 Å². The van der Waals surface area contributed by atoms with Gasteiger partial charge in [-0.05, 0) is 0 Å². The predicted octanol–water partition coefficient (Wildman–Crippen LogP) is -1.44. The van der Waals surface area contributed by atoms with Crippen LogP contribution < -0.4 is 5.73 Å². The van der Waals surface area contributed by atoms with Gasteiger partial charge in [0.15, 0.2) is 36.8 Å². The number of rotatable bonds is 11. The van der Waals surface area contributed by atoms with Crippen LogP contribution in [0.25, 0.3) is 0 Å². The van der Waals surface area contributed by atoms with Crippen molar-refractivity contribution in [3.8, 4) is 0 Å². The molecule has 0 radical (unpaired) electrons. The summed E-state index contributed by atoms with van der Waals surface area (Å²) in [5.74, 6) is -5.79. The maximum Gasteiger partial charge on any atom is 0.303 e. The van der Waals surface area contributed by atoms with Crippen LogP contribution in [0.3, 0.4) is 0 Å². The third-order valence-corrected chi connectivity index (χ3v) is 5.96. The van der Waals surface area contributed by atoms with Gasteiger partial charge in [0.25, 0.3) is 0 Å². The molecule has 2 saturated heterocycles. The van der Waals surface area contributed by atoms with E-state index < -0.39 is 116 Å². The molecule has 2 N–H and O–H groups in total. The summed E-state index contributed by atoms with van der Waals surface area (Å²) in [6.45, 7) is 6.39. The minimum atomic E-state index is -1.76. The van der Waals surface area contributed by atoms with Crippen LogP contribution in [0.5, 0.6) is 0 Å². The zero-order valence-corrected chi connectivity index (χ0v) is 25.2. The van der Waals surface area contributed by atoms with E-state index in [1.807, 2.05) is 0 Å². The minimum Gasteiger partial charge on any atom is -0.463 e. The van der Waals surface area contributed by atoms with E-state index in [1.165, 1.54) is 0 Å². The van der Waals surface area contributed by atoms with E-state index in [4.69, 9.17) is 53.1 Å². The number of carbonyl (C=O) groups is 7. The predicted molar refractivity (Wildman–Crippen MR) is 137 cm³/mol. The molecule has 248 valence electrons. The van der Waals surface area contributed by atoms with E-state index in [0.717, 1.165) is 48.5 Å². The van der Waals surface area contributed by atoms with E-state index in [1.54, 1.807) is 0 Å². The summed E-state index contributed by atoms with van der Waals surface area (Å²) in [5.41, 5.74) is 6.07. The van der Waals surface area contributed by atoms with Crippen molar-refractivity contribution in [3.63, 3.8) is 0 Å². The van der Waals surface area contributed by atoms with Gasteiger partial charge in [-0.15, -0.1) is 0 Å². The molecular weight excluding hydrogens is 598 g/mol. The first-order valence-electron chi connectivity index (χ1n) is 13.3. The molecule has 0 aromatic rings. The first kappa shape index (κ1) is 36.3. The lowest BCUT2D eigenvalue weighted by atomic mass is 9.95. The number of ether oxygens (including phenoxy) is 10. The molecule has 0 amide bonds. The molecule has 0 aliphatic carbocycles. The van der Waals surface area contributed by atoms with Crippen LogP contribution in [0.2, 0.25) is 0 Å². The summed E-state index contributed by atoms with van der Waals surface area (Å²) < 4.78 is 54.8. The van der Waals surface area contributed by atoms with Crippen molar-refractivity contribution in [3.05, 3.63) is 0 Å². The summed E-state index contributed by atoms with van der Waals surface area (Å²) >= 11 is 0. The zero-order valence-electron chi connectivity index (χ0n) is 25.2. The molecule has 18 heteroatoms. The summed E-state index contributed by atoms with van der Waals surface area (Å²) in [6.07, 6.45) is -15.1. The van der Waals surface area contributed by atoms with Crippen LogP contribution in [0, 0.1) is 0 Å². The molecule has 44 heavy (non-hydrogen) atoms. The number of carbonyl (C=O) groups excluding carboxylic acids is 7. The lowest BCUT2D eigenvalue weighted by Crippen LogP contribution is -2.68. The van der Waals surface area contributed by atoms with E-state index in [-0.39, 0.29) is 0 Å². The van der Waals surface area contributed by atoms with Crippen LogP contribution in [-0.2, 0) is 80.9 Å². The van der Waals surface area contributed by atoms with E-state index in [2.05, 4.69) is 0 Å². The molecule has 4 unspecified atom stereocenters. The molecule has 0 bridgehead atoms. The van der Waals surface area contributed by atoms with Crippen LogP contribution in [0.1, 0.15) is 48.5 Å². The second-order valence-electron chi connectivity index (χ2n) is 9.76. The summed E-state index contributed by atoms with van der Waals surface area (Å²) in [6, 6.07) is 0. The third-order valence-electron chi connectivity index (χ3n) is 5.96. The van der Waals surface area contributed by atoms with Crippen molar-refractivity contribution >= 4 is 41.8 Å². The SMILES string of the molecule is CC(=O)OCC1O[C@@H](O[C@H]2C(COC(C)=O)O[C@@H](N)C(OC(C)=O)[C@@H]2OC(C)=O)C(OC(C)=O)[C@@H](OC(C)=O)[C@H]1OC(C)=O. The summed E-state index contributed by atoms with van der Waals surface area (Å²) in [5, 5.41) is 0. The Morgan fingerprint density at radius 3 is 1.27 bits per heavy atom. The van der Waals surface area contributed by atoms with E-state index in [0.29, 0.717) is 0 Å². The van der Waals surface area contributed by atoms with Crippen LogP contribution in [0.4, 0.5) is 0 Å². The molecule has 10 atom stereocenters. The quantitative estimate of drug-likeness (QED) is 0.202. The van der Waals surface area contributed by atoms with Gasteiger partial charge in [-0.3, -0.25) is 33.6 Å². The molecule has 2 heterocycles. The Kier molecular flexibility index (Phi) is 13.4. The molecule has 2 aliphatic heterocycles. The Balaban J connectivity index is 2.66. The van der Waals surface area contributed by atoms with Crippen LogP contribution in [-0.4, -0.2) is 116 Å². The van der Waals surface area contributed by atoms with Crippen LogP contribution >= 0.6 is 0 Å². The van der Waals surface area contributed by atoms with Crippen LogP contribution in [0.15, 0.2) is 0 Å². The molecule has 0 saturated carbocycles. The smallest absolute Gasteiger partial charge is 0.303 e. The highest BCUT2D eigenvalue weighted by atomic mass is 16.8. The Morgan fingerprint density at radius 1 is 0.477 bits per heavy atom. The van der Waals surface area contributed by atoms with Crippen molar-refractivity contribution in [2.75, 3.05) is 13.2 Å². The normalized spacial score (nSPS) is 31.5. The molecule has 2 rings (SSSR count). The van der Waals surface area contributed by atoms with Gasteiger partial charge in [0.1, 0.15) is 37.8 Å². The van der Waals surface area contributed by atoms with Crippen molar-refractivity contribution in [2.24, 2.45) is 5.73 Å². The lowest BCUT2D eigenvalue weighted by molar-refractivity contribution is -0.344. The maximum absolute atomic E-state index is 12.2. The van der Waals surface area contributed by atoms with Gasteiger partial charge in [-0.1, -0.05) is 0 Å². The average molecular weight is 636 g/mol. The van der Waals surface area contributed by atoms with Crippen molar-refractivity contribution < 1.29 is 80.9 Å². The van der Waals surface area contributed by atoms with Gasteiger partial charge in [0.05, 0.1) is 0 Å². The van der Waals surface area contributed by atoms with Gasteiger partial charge in [0, 0.05) is 48.5 Å². The Morgan fingerprint density at radius 2 is 0.841 bits per heavy atom. The molecule has 0 aromatic heterocycles. The Labute approximate surface area is 251 Å². The highest BCUT2D eigenvalue weighted by Crippen LogP contribution is 2.34.